The van der Waals surface area contributed by atoms with Crippen LogP contribution < -0.4 is 20.1 Å². The summed E-state index contributed by atoms with van der Waals surface area (Å²) in [5.41, 5.74) is 4.05. The number of hydrogen-bond acceptors (Lipinski definition) is 5. The summed E-state index contributed by atoms with van der Waals surface area (Å²) in [7, 11) is 0. The van der Waals surface area contributed by atoms with Crippen molar-refractivity contribution in [3.05, 3.63) is 95.1 Å². The minimum absolute atomic E-state index is 0.0254. The van der Waals surface area contributed by atoms with Crippen LogP contribution in [0.2, 0.25) is 0 Å². The molecule has 0 fully saturated rings. The quantitative estimate of drug-likeness (QED) is 0.445. The summed E-state index contributed by atoms with van der Waals surface area (Å²) in [6.07, 6.45) is 3.13. The molecule has 0 radical (unpaired) electrons. The highest BCUT2D eigenvalue weighted by Gasteiger charge is 2.17. The lowest BCUT2D eigenvalue weighted by atomic mass is 10.1. The Bertz CT molecular complexity index is 1200. The molecule has 4 rings (SSSR count). The number of carbonyl (C=O) groups excluding carboxylic acids is 2. The topological polar surface area (TPSA) is 79.9 Å². The van der Waals surface area contributed by atoms with Crippen molar-refractivity contribution in [2.45, 2.75) is 52.2 Å². The predicted molar refractivity (Wildman–Crippen MR) is 153 cm³/mol. The summed E-state index contributed by atoms with van der Waals surface area (Å²) in [5, 5.41) is 6.07. The minimum atomic E-state index is -0.0464. The minimum Gasteiger partial charge on any atom is -0.494 e. The zero-order valence-electron chi connectivity index (χ0n) is 22.8. The molecule has 7 heteroatoms. The SMILES string of the molecule is CCOc1ccc(CNC(=O)Cc2ccc3c(c2)CN(Cc2ccccc2)CC(=O)NCCCCCO3)cc1. The summed E-state index contributed by atoms with van der Waals surface area (Å²) in [5.74, 6) is 1.61. The largest absolute Gasteiger partial charge is 0.494 e. The smallest absolute Gasteiger partial charge is 0.234 e. The zero-order valence-corrected chi connectivity index (χ0v) is 22.8. The molecule has 1 aliphatic heterocycles. The molecule has 1 heterocycles. The summed E-state index contributed by atoms with van der Waals surface area (Å²) < 4.78 is 11.7. The number of fused-ring (bicyclic) bond motifs is 1. The second-order valence-corrected chi connectivity index (χ2v) is 9.86. The van der Waals surface area contributed by atoms with E-state index < -0.39 is 0 Å². The average molecular weight is 530 g/mol. The molecule has 7 nitrogen and oxygen atoms in total. The van der Waals surface area contributed by atoms with Crippen LogP contribution in [-0.2, 0) is 35.6 Å². The number of amides is 2. The van der Waals surface area contributed by atoms with Crippen molar-refractivity contribution in [2.24, 2.45) is 0 Å². The molecule has 0 aliphatic carbocycles. The Labute approximate surface area is 231 Å². The van der Waals surface area contributed by atoms with Gasteiger partial charge in [0, 0.05) is 31.7 Å². The van der Waals surface area contributed by atoms with Crippen molar-refractivity contribution in [2.75, 3.05) is 26.3 Å². The number of ether oxygens (including phenoxy) is 2. The van der Waals surface area contributed by atoms with Crippen molar-refractivity contribution in [3.8, 4) is 11.5 Å². The third-order valence-electron chi connectivity index (χ3n) is 6.62. The van der Waals surface area contributed by atoms with Gasteiger partial charge in [0.05, 0.1) is 26.2 Å². The number of hydrogen-bond donors (Lipinski definition) is 2. The fraction of sp³-hybridized carbons (Fsp3) is 0.375. The maximum atomic E-state index is 12.8. The Balaban J connectivity index is 1.46. The number of nitrogens with zero attached hydrogens (tertiary/aromatic N) is 1. The molecular formula is C32H39N3O4. The van der Waals surface area contributed by atoms with E-state index in [0.29, 0.717) is 45.9 Å². The van der Waals surface area contributed by atoms with Crippen LogP contribution in [-0.4, -0.2) is 43.0 Å². The molecule has 0 aromatic heterocycles. The lowest BCUT2D eigenvalue weighted by Gasteiger charge is -2.23. The van der Waals surface area contributed by atoms with E-state index in [1.807, 2.05) is 67.6 Å². The van der Waals surface area contributed by atoms with Gasteiger partial charge in [0.2, 0.25) is 11.8 Å². The van der Waals surface area contributed by atoms with Crippen LogP contribution >= 0.6 is 0 Å². The molecule has 3 aromatic carbocycles. The number of benzene rings is 3. The van der Waals surface area contributed by atoms with Crippen LogP contribution in [0.15, 0.2) is 72.8 Å². The standard InChI is InChI=1S/C32H39N3O4/c1-2-38-29-14-11-25(12-15-29)21-34-31(36)20-27-13-16-30-28(19-27)23-35(22-26-9-5-3-6-10-26)24-32(37)33-17-7-4-8-18-39-30/h3,5-6,9-16,19H,2,4,7-8,17-18,20-24H2,1H3,(H,33,37)(H,34,36). The molecular weight excluding hydrogens is 490 g/mol. The van der Waals surface area contributed by atoms with Gasteiger partial charge in [-0.15, -0.1) is 0 Å². The third kappa shape index (κ3) is 9.45. The van der Waals surface area contributed by atoms with Gasteiger partial charge < -0.3 is 20.1 Å². The van der Waals surface area contributed by atoms with Gasteiger partial charge in [-0.05, 0) is 61.1 Å². The summed E-state index contributed by atoms with van der Waals surface area (Å²) in [6.45, 7) is 5.82. The fourth-order valence-electron chi connectivity index (χ4n) is 4.65. The Morgan fingerprint density at radius 3 is 2.54 bits per heavy atom. The van der Waals surface area contributed by atoms with Crippen molar-refractivity contribution in [1.29, 1.82) is 0 Å². The molecule has 0 saturated heterocycles. The van der Waals surface area contributed by atoms with Crippen LogP contribution in [0.5, 0.6) is 11.5 Å². The zero-order chi connectivity index (χ0) is 27.3. The molecule has 1 aliphatic rings. The van der Waals surface area contributed by atoms with E-state index in [1.54, 1.807) is 0 Å². The maximum absolute atomic E-state index is 12.8. The van der Waals surface area contributed by atoms with E-state index in [-0.39, 0.29) is 18.2 Å². The van der Waals surface area contributed by atoms with Gasteiger partial charge in [0.25, 0.3) is 0 Å². The van der Waals surface area contributed by atoms with Gasteiger partial charge in [-0.3, -0.25) is 14.5 Å². The second-order valence-electron chi connectivity index (χ2n) is 9.86. The van der Waals surface area contributed by atoms with Crippen molar-refractivity contribution in [1.82, 2.24) is 15.5 Å². The van der Waals surface area contributed by atoms with Gasteiger partial charge in [-0.1, -0.05) is 54.6 Å². The highest BCUT2D eigenvalue weighted by Crippen LogP contribution is 2.24. The van der Waals surface area contributed by atoms with Gasteiger partial charge in [0.15, 0.2) is 0 Å². The average Bonchev–Trinajstić information content (AvgIpc) is 2.95. The Morgan fingerprint density at radius 1 is 0.949 bits per heavy atom. The molecule has 206 valence electrons. The number of rotatable bonds is 8. The summed E-state index contributed by atoms with van der Waals surface area (Å²) in [4.78, 5) is 27.6. The summed E-state index contributed by atoms with van der Waals surface area (Å²) in [6, 6.07) is 23.9. The lowest BCUT2D eigenvalue weighted by molar-refractivity contribution is -0.122. The van der Waals surface area contributed by atoms with Crippen LogP contribution in [0.1, 0.15) is 48.4 Å². The van der Waals surface area contributed by atoms with E-state index in [1.165, 1.54) is 0 Å². The van der Waals surface area contributed by atoms with Crippen molar-refractivity contribution in [3.63, 3.8) is 0 Å². The first-order valence-electron chi connectivity index (χ1n) is 13.8. The highest BCUT2D eigenvalue weighted by molar-refractivity contribution is 5.79. The molecule has 2 N–H and O–H groups in total. The first-order valence-corrected chi connectivity index (χ1v) is 13.8. The van der Waals surface area contributed by atoms with E-state index in [9.17, 15) is 9.59 Å². The molecule has 0 unspecified atom stereocenters. The molecule has 39 heavy (non-hydrogen) atoms. The third-order valence-corrected chi connectivity index (χ3v) is 6.62. The van der Waals surface area contributed by atoms with Crippen molar-refractivity contribution >= 4 is 11.8 Å². The predicted octanol–water partition coefficient (Wildman–Crippen LogP) is 4.63. The van der Waals surface area contributed by atoms with Gasteiger partial charge in [0.1, 0.15) is 11.5 Å². The van der Waals surface area contributed by atoms with E-state index in [0.717, 1.165) is 53.0 Å². The van der Waals surface area contributed by atoms with Crippen LogP contribution in [0.4, 0.5) is 0 Å². The Morgan fingerprint density at radius 2 is 1.74 bits per heavy atom. The molecule has 0 atom stereocenters. The molecule has 0 bridgehead atoms. The van der Waals surface area contributed by atoms with E-state index in [4.69, 9.17) is 9.47 Å². The number of carbonyl (C=O) groups is 2. The van der Waals surface area contributed by atoms with Crippen LogP contribution in [0, 0.1) is 0 Å². The highest BCUT2D eigenvalue weighted by atomic mass is 16.5. The molecule has 0 spiro atoms. The van der Waals surface area contributed by atoms with Crippen LogP contribution in [0.25, 0.3) is 0 Å². The maximum Gasteiger partial charge on any atom is 0.234 e. The first kappa shape index (κ1) is 28.2. The lowest BCUT2D eigenvalue weighted by Crippen LogP contribution is -2.37. The molecule has 3 aromatic rings. The normalized spacial score (nSPS) is 14.9. The van der Waals surface area contributed by atoms with E-state index >= 15 is 0 Å². The van der Waals surface area contributed by atoms with E-state index in [2.05, 4.69) is 27.7 Å². The number of nitrogens with one attached hydrogen (secondary N) is 2. The Hall–Kier alpha value is -3.84. The molecule has 2 amide bonds. The fourth-order valence-corrected chi connectivity index (χ4v) is 4.65. The monoisotopic (exact) mass is 529 g/mol. The first-order chi connectivity index (χ1) is 19.1. The summed E-state index contributed by atoms with van der Waals surface area (Å²) >= 11 is 0. The van der Waals surface area contributed by atoms with Crippen LogP contribution in [0.3, 0.4) is 0 Å². The Kier molecular flexibility index (Phi) is 10.8. The van der Waals surface area contributed by atoms with Gasteiger partial charge in [-0.25, -0.2) is 0 Å². The van der Waals surface area contributed by atoms with Gasteiger partial charge in [-0.2, -0.15) is 0 Å². The second kappa shape index (κ2) is 14.9. The van der Waals surface area contributed by atoms with Gasteiger partial charge >= 0.3 is 0 Å². The molecule has 0 saturated carbocycles. The van der Waals surface area contributed by atoms with Crippen molar-refractivity contribution < 1.29 is 19.1 Å².